The van der Waals surface area contributed by atoms with Crippen LogP contribution in [0, 0.1) is 5.92 Å². The summed E-state index contributed by atoms with van der Waals surface area (Å²) < 4.78 is 11.2. The number of benzene rings is 1. The van der Waals surface area contributed by atoms with E-state index in [9.17, 15) is 9.59 Å². The van der Waals surface area contributed by atoms with Gasteiger partial charge >= 0.3 is 5.97 Å². The molecule has 0 atom stereocenters. The summed E-state index contributed by atoms with van der Waals surface area (Å²) in [6.07, 6.45) is 9.42. The first-order valence-electron chi connectivity index (χ1n) is 10.3. The number of likely N-dealkylation sites (tertiary alicyclic amines) is 1. The number of nitrogens with zero attached hydrogens (tertiary/aromatic N) is 1. The van der Waals surface area contributed by atoms with Crippen LogP contribution in [0.1, 0.15) is 67.3 Å². The molecule has 1 saturated carbocycles. The molecule has 0 radical (unpaired) electrons. The number of piperidine rings is 1. The molecule has 2 fully saturated rings. The predicted molar refractivity (Wildman–Crippen MR) is 102 cm³/mol. The second kappa shape index (κ2) is 7.53. The number of methoxy groups -OCH3 is 1. The normalized spacial score (nSPS) is 22.0. The van der Waals surface area contributed by atoms with Gasteiger partial charge in [0, 0.05) is 31.8 Å². The average Bonchev–Trinajstić information content (AvgIpc) is 2.73. The third-order valence-corrected chi connectivity index (χ3v) is 6.60. The van der Waals surface area contributed by atoms with Crippen molar-refractivity contribution in [3.8, 4) is 5.75 Å². The standard InChI is InChI=1S/C22H29NO4/c1-26-21(25)18-7-8-19-17(15-18)9-10-22(27-19)11-13-23(14-12-22)20(24)16-5-3-2-4-6-16/h7-8,15-16H,2-6,9-14H2,1H3. The van der Waals surface area contributed by atoms with Crippen LogP contribution in [0.3, 0.4) is 0 Å². The Labute approximate surface area is 161 Å². The number of hydrogen-bond donors (Lipinski definition) is 0. The highest BCUT2D eigenvalue weighted by Gasteiger charge is 2.41. The fraction of sp³-hybridized carbons (Fsp3) is 0.636. The van der Waals surface area contributed by atoms with Crippen molar-refractivity contribution in [1.29, 1.82) is 0 Å². The van der Waals surface area contributed by atoms with E-state index >= 15 is 0 Å². The molecule has 0 unspecified atom stereocenters. The van der Waals surface area contributed by atoms with Gasteiger partial charge in [0.2, 0.25) is 5.91 Å². The molecular formula is C22H29NO4. The topological polar surface area (TPSA) is 55.8 Å². The fourth-order valence-corrected chi connectivity index (χ4v) is 4.86. The summed E-state index contributed by atoms with van der Waals surface area (Å²) in [5.74, 6) is 1.18. The van der Waals surface area contributed by atoms with Gasteiger partial charge in [0.15, 0.2) is 0 Å². The third-order valence-electron chi connectivity index (χ3n) is 6.60. The van der Waals surface area contributed by atoms with Crippen molar-refractivity contribution >= 4 is 11.9 Å². The Morgan fingerprint density at radius 3 is 2.56 bits per heavy atom. The molecule has 0 bridgehead atoms. The summed E-state index contributed by atoms with van der Waals surface area (Å²) in [7, 11) is 1.40. The summed E-state index contributed by atoms with van der Waals surface area (Å²) in [5.41, 5.74) is 1.48. The van der Waals surface area contributed by atoms with Crippen molar-refractivity contribution in [2.24, 2.45) is 5.92 Å². The first kappa shape index (κ1) is 18.3. The molecule has 1 aromatic carbocycles. The average molecular weight is 371 g/mol. The molecule has 5 nitrogen and oxygen atoms in total. The number of esters is 1. The molecule has 5 heteroatoms. The second-order valence-electron chi connectivity index (χ2n) is 8.26. The summed E-state index contributed by atoms with van der Waals surface area (Å²) in [6.45, 7) is 1.59. The molecule has 0 N–H and O–H groups in total. The van der Waals surface area contributed by atoms with Crippen molar-refractivity contribution in [1.82, 2.24) is 4.90 Å². The Kier molecular flexibility index (Phi) is 5.11. The minimum Gasteiger partial charge on any atom is -0.487 e. The van der Waals surface area contributed by atoms with Crippen LogP contribution in [0.2, 0.25) is 0 Å². The van der Waals surface area contributed by atoms with E-state index in [-0.39, 0.29) is 17.5 Å². The Bertz CT molecular complexity index is 715. The molecule has 1 saturated heterocycles. The zero-order valence-electron chi connectivity index (χ0n) is 16.2. The van der Waals surface area contributed by atoms with Gasteiger partial charge in [0.1, 0.15) is 11.4 Å². The molecule has 1 aromatic rings. The van der Waals surface area contributed by atoms with Crippen molar-refractivity contribution in [3.63, 3.8) is 0 Å². The largest absolute Gasteiger partial charge is 0.487 e. The monoisotopic (exact) mass is 371 g/mol. The van der Waals surface area contributed by atoms with Crippen LogP contribution in [-0.4, -0.2) is 42.6 Å². The highest BCUT2D eigenvalue weighted by Crippen LogP contribution is 2.40. The van der Waals surface area contributed by atoms with Crippen LogP contribution < -0.4 is 4.74 Å². The molecule has 27 heavy (non-hydrogen) atoms. The fourth-order valence-electron chi connectivity index (χ4n) is 4.86. The number of rotatable bonds is 2. The number of fused-ring (bicyclic) bond motifs is 1. The van der Waals surface area contributed by atoms with E-state index in [0.717, 1.165) is 62.9 Å². The zero-order chi connectivity index (χ0) is 18.9. The second-order valence-corrected chi connectivity index (χ2v) is 8.26. The minimum absolute atomic E-state index is 0.164. The maximum atomic E-state index is 12.8. The van der Waals surface area contributed by atoms with Gasteiger partial charge in [-0.2, -0.15) is 0 Å². The molecule has 1 amide bonds. The first-order valence-corrected chi connectivity index (χ1v) is 10.3. The van der Waals surface area contributed by atoms with Crippen molar-refractivity contribution < 1.29 is 19.1 Å². The van der Waals surface area contributed by atoms with Gasteiger partial charge in [0.25, 0.3) is 0 Å². The van der Waals surface area contributed by atoms with E-state index < -0.39 is 0 Å². The number of carbonyl (C=O) groups excluding carboxylic acids is 2. The SMILES string of the molecule is COC(=O)c1ccc2c(c1)CCC1(CCN(C(=O)C3CCCCC3)CC1)O2. The van der Waals surface area contributed by atoms with Gasteiger partial charge in [-0.05, 0) is 49.4 Å². The summed E-state index contributed by atoms with van der Waals surface area (Å²) in [4.78, 5) is 26.6. The van der Waals surface area contributed by atoms with Crippen LogP contribution >= 0.6 is 0 Å². The maximum absolute atomic E-state index is 12.8. The Morgan fingerprint density at radius 1 is 1.11 bits per heavy atom. The molecule has 4 rings (SSSR count). The van der Waals surface area contributed by atoms with Crippen LogP contribution in [0.4, 0.5) is 0 Å². The van der Waals surface area contributed by atoms with Crippen LogP contribution in [-0.2, 0) is 16.0 Å². The van der Waals surface area contributed by atoms with Crippen LogP contribution in [0.5, 0.6) is 5.75 Å². The maximum Gasteiger partial charge on any atom is 0.337 e. The van der Waals surface area contributed by atoms with E-state index in [2.05, 4.69) is 4.90 Å². The van der Waals surface area contributed by atoms with Gasteiger partial charge in [-0.15, -0.1) is 0 Å². The number of aryl methyl sites for hydroxylation is 1. The lowest BCUT2D eigenvalue weighted by atomic mass is 9.82. The van der Waals surface area contributed by atoms with Crippen LogP contribution in [0.15, 0.2) is 18.2 Å². The number of carbonyl (C=O) groups is 2. The van der Waals surface area contributed by atoms with Gasteiger partial charge in [0.05, 0.1) is 12.7 Å². The van der Waals surface area contributed by atoms with Gasteiger partial charge in [-0.25, -0.2) is 4.79 Å². The smallest absolute Gasteiger partial charge is 0.337 e. The molecule has 2 aliphatic heterocycles. The number of ether oxygens (including phenoxy) is 2. The minimum atomic E-state index is -0.312. The molecule has 146 valence electrons. The lowest BCUT2D eigenvalue weighted by Gasteiger charge is -2.45. The molecule has 0 aromatic heterocycles. The van der Waals surface area contributed by atoms with Crippen LogP contribution in [0.25, 0.3) is 0 Å². The highest BCUT2D eigenvalue weighted by atomic mass is 16.5. The van der Waals surface area contributed by atoms with E-state index in [4.69, 9.17) is 9.47 Å². The molecule has 1 aliphatic carbocycles. The Hall–Kier alpha value is -2.04. The van der Waals surface area contributed by atoms with Gasteiger partial charge in [-0.3, -0.25) is 4.79 Å². The summed E-state index contributed by atoms with van der Waals surface area (Å²) >= 11 is 0. The number of hydrogen-bond acceptors (Lipinski definition) is 4. The number of amides is 1. The molecule has 2 heterocycles. The zero-order valence-corrected chi connectivity index (χ0v) is 16.2. The van der Waals surface area contributed by atoms with Crippen molar-refractivity contribution in [2.75, 3.05) is 20.2 Å². The predicted octanol–water partition coefficient (Wildman–Crippen LogP) is 3.74. The molecule has 3 aliphatic rings. The lowest BCUT2D eigenvalue weighted by Crippen LogP contribution is -2.52. The quantitative estimate of drug-likeness (QED) is 0.743. The Morgan fingerprint density at radius 2 is 1.85 bits per heavy atom. The Balaban J connectivity index is 1.39. The molecule has 1 spiro atoms. The van der Waals surface area contributed by atoms with Gasteiger partial charge in [-0.1, -0.05) is 19.3 Å². The van der Waals surface area contributed by atoms with E-state index in [0.29, 0.717) is 11.5 Å². The molecular weight excluding hydrogens is 342 g/mol. The summed E-state index contributed by atoms with van der Waals surface area (Å²) in [5, 5.41) is 0. The van der Waals surface area contributed by atoms with E-state index in [1.54, 1.807) is 6.07 Å². The van der Waals surface area contributed by atoms with Crippen molar-refractivity contribution in [3.05, 3.63) is 29.3 Å². The highest BCUT2D eigenvalue weighted by molar-refractivity contribution is 5.89. The third kappa shape index (κ3) is 3.69. The van der Waals surface area contributed by atoms with E-state index in [1.165, 1.54) is 26.4 Å². The summed E-state index contributed by atoms with van der Waals surface area (Å²) in [6, 6.07) is 5.54. The first-order chi connectivity index (χ1) is 13.1. The van der Waals surface area contributed by atoms with E-state index in [1.807, 2.05) is 12.1 Å². The van der Waals surface area contributed by atoms with Gasteiger partial charge < -0.3 is 14.4 Å². The lowest BCUT2D eigenvalue weighted by molar-refractivity contribution is -0.140. The van der Waals surface area contributed by atoms with Crippen molar-refractivity contribution in [2.45, 2.75) is 63.4 Å².